The van der Waals surface area contributed by atoms with E-state index in [-0.39, 0.29) is 28.4 Å². The predicted molar refractivity (Wildman–Crippen MR) is 170 cm³/mol. The molecular weight excluding hydrogens is 700 g/mol. The van der Waals surface area contributed by atoms with Crippen LogP contribution in [0.4, 0.5) is 0 Å². The lowest BCUT2D eigenvalue weighted by atomic mass is 9.97. The van der Waals surface area contributed by atoms with E-state index in [1.165, 1.54) is 44.2 Å². The first-order chi connectivity index (χ1) is 24.6. The maximum absolute atomic E-state index is 14.0. The van der Waals surface area contributed by atoms with Gasteiger partial charge in [-0.05, 0) is 38.1 Å². The monoisotopic (exact) mass is 740 g/mol. The Morgan fingerprint density at radius 1 is 0.673 bits per heavy atom. The first-order valence-electron chi connectivity index (χ1n) is 16.2. The van der Waals surface area contributed by atoms with Gasteiger partial charge in [-0.25, -0.2) is 0 Å². The Morgan fingerprint density at radius 2 is 1.27 bits per heavy atom. The van der Waals surface area contributed by atoms with Gasteiger partial charge < -0.3 is 89.0 Å². The SMILES string of the molecule is C[C@@H]1O[C@@H](Oc2cc(O)c3c(=O)c(O[C@@H]4O[C@@H](C)[C@H](O[C@@H]5O[C@H](CO)[C@@H](O)[C@H](O)[C@H]5O)[C@@H](O)[C@H]4O)c(-c4ccc(O)cc4)oc3c2)[C@H](O)[C@H](O)[C@H]1O. The number of fused-ring (bicyclic) bond motifs is 1. The Kier molecular flexibility index (Phi) is 11.0. The zero-order valence-electron chi connectivity index (χ0n) is 27.5. The number of aliphatic hydroxyl groups is 9. The van der Waals surface area contributed by atoms with Crippen molar-refractivity contribution in [3.63, 3.8) is 0 Å². The quantitative estimate of drug-likeness (QED) is 0.110. The smallest absolute Gasteiger partial charge is 0.239 e. The van der Waals surface area contributed by atoms with Crippen LogP contribution < -0.4 is 14.9 Å². The van der Waals surface area contributed by atoms with Crippen LogP contribution in [0.2, 0.25) is 0 Å². The zero-order valence-corrected chi connectivity index (χ0v) is 27.5. The van der Waals surface area contributed by atoms with E-state index in [1.54, 1.807) is 0 Å². The molecule has 3 aliphatic rings. The van der Waals surface area contributed by atoms with Gasteiger partial charge in [0, 0.05) is 17.7 Å². The molecule has 0 amide bonds. The molecule has 11 N–H and O–H groups in total. The summed E-state index contributed by atoms with van der Waals surface area (Å²) in [7, 11) is 0. The topological polar surface area (TPSA) is 308 Å². The Labute approximate surface area is 293 Å². The number of phenols is 2. The van der Waals surface area contributed by atoms with E-state index < -0.39 is 121 Å². The van der Waals surface area contributed by atoms with Gasteiger partial charge in [-0.1, -0.05) is 0 Å². The molecule has 0 radical (unpaired) electrons. The number of aromatic hydroxyl groups is 2. The number of hydrogen-bond acceptors (Lipinski definition) is 19. The van der Waals surface area contributed by atoms with Crippen molar-refractivity contribution in [2.75, 3.05) is 6.61 Å². The minimum Gasteiger partial charge on any atom is -0.508 e. The molecule has 0 saturated carbocycles. The van der Waals surface area contributed by atoms with Crippen LogP contribution in [0.25, 0.3) is 22.3 Å². The van der Waals surface area contributed by atoms with Crippen molar-refractivity contribution in [2.24, 2.45) is 0 Å². The predicted octanol–water partition coefficient (Wildman–Crippen LogP) is -2.89. The molecule has 3 fully saturated rings. The van der Waals surface area contributed by atoms with Gasteiger partial charge in [-0.15, -0.1) is 0 Å². The van der Waals surface area contributed by atoms with E-state index in [9.17, 15) is 61.0 Å². The van der Waals surface area contributed by atoms with E-state index in [0.717, 1.165) is 6.07 Å². The lowest BCUT2D eigenvalue weighted by molar-refractivity contribution is -0.348. The number of ether oxygens (including phenoxy) is 6. The van der Waals surface area contributed by atoms with Gasteiger partial charge in [0.1, 0.15) is 89.3 Å². The summed E-state index contributed by atoms with van der Waals surface area (Å²) in [5, 5.41) is 113. The highest BCUT2D eigenvalue weighted by Crippen LogP contribution is 2.39. The Balaban J connectivity index is 1.31. The van der Waals surface area contributed by atoms with Gasteiger partial charge in [0.25, 0.3) is 0 Å². The molecule has 6 rings (SSSR count). The molecule has 286 valence electrons. The summed E-state index contributed by atoms with van der Waals surface area (Å²) in [4.78, 5) is 14.0. The maximum atomic E-state index is 14.0. The summed E-state index contributed by atoms with van der Waals surface area (Å²) in [6, 6.07) is 7.48. The van der Waals surface area contributed by atoms with Gasteiger partial charge in [0.05, 0.1) is 18.8 Å². The van der Waals surface area contributed by atoms with Crippen LogP contribution in [0.3, 0.4) is 0 Å². The second-order valence-corrected chi connectivity index (χ2v) is 12.9. The molecule has 1 aromatic heterocycles. The van der Waals surface area contributed by atoms with Crippen LogP contribution in [0.1, 0.15) is 13.8 Å². The van der Waals surface area contributed by atoms with E-state index >= 15 is 0 Å². The minimum absolute atomic E-state index is 0.135. The lowest BCUT2D eigenvalue weighted by Gasteiger charge is -2.45. The average Bonchev–Trinajstić information content (AvgIpc) is 3.11. The van der Waals surface area contributed by atoms with E-state index in [2.05, 4.69) is 0 Å². The molecule has 2 aromatic carbocycles. The minimum atomic E-state index is -1.95. The fourth-order valence-corrected chi connectivity index (χ4v) is 6.22. The maximum Gasteiger partial charge on any atom is 0.239 e. The van der Waals surface area contributed by atoms with Crippen LogP contribution >= 0.6 is 0 Å². The van der Waals surface area contributed by atoms with Crippen molar-refractivity contribution in [2.45, 2.75) is 106 Å². The molecule has 15 atom stereocenters. The van der Waals surface area contributed by atoms with E-state index in [4.69, 9.17) is 32.8 Å². The standard InChI is InChI=1S/C33H40O19/c1-10-19(37)22(40)25(43)31(46-10)48-14-7-15(36)18-16(8-14)49-29(12-3-5-13(35)6-4-12)30(21(18)39)52-32-27(45)24(42)28(11(2)47-32)51-33-26(44)23(41)20(38)17(9-34)50-33/h3-8,10-11,17,19-20,22-28,31-38,40-45H,9H2,1-2H3/t10-,11-,17+,19-,20+,22+,23-,24-,25+,26+,27+,28-,31-,32-,33-/m0/s1. The number of benzene rings is 2. The molecule has 52 heavy (non-hydrogen) atoms. The van der Waals surface area contributed by atoms with Crippen molar-refractivity contribution in [1.82, 2.24) is 0 Å². The first kappa shape index (κ1) is 38.1. The van der Waals surface area contributed by atoms with E-state index in [1.807, 2.05) is 0 Å². The summed E-state index contributed by atoms with van der Waals surface area (Å²) in [6.45, 7) is 2.10. The van der Waals surface area contributed by atoms with Gasteiger partial charge in [0.15, 0.2) is 12.1 Å². The van der Waals surface area contributed by atoms with Crippen LogP contribution in [0.15, 0.2) is 45.6 Å². The molecule has 19 nitrogen and oxygen atoms in total. The summed E-state index contributed by atoms with van der Waals surface area (Å²) in [6.07, 6.45) is -23.6. The van der Waals surface area contributed by atoms with Crippen molar-refractivity contribution < 1.29 is 89.0 Å². The second-order valence-electron chi connectivity index (χ2n) is 12.9. The van der Waals surface area contributed by atoms with Gasteiger partial charge in [0.2, 0.25) is 23.8 Å². The molecule has 0 unspecified atom stereocenters. The molecule has 0 aliphatic carbocycles. The Hall–Kier alpha value is -3.67. The lowest BCUT2D eigenvalue weighted by Crippen LogP contribution is -2.64. The van der Waals surface area contributed by atoms with Crippen molar-refractivity contribution >= 4 is 11.0 Å². The highest BCUT2D eigenvalue weighted by atomic mass is 16.7. The third-order valence-corrected chi connectivity index (χ3v) is 9.25. The molecule has 3 aliphatic heterocycles. The van der Waals surface area contributed by atoms with Crippen molar-refractivity contribution in [3.05, 3.63) is 46.6 Å². The van der Waals surface area contributed by atoms with Crippen LogP contribution in [-0.2, 0) is 18.9 Å². The van der Waals surface area contributed by atoms with Crippen molar-refractivity contribution in [1.29, 1.82) is 0 Å². The van der Waals surface area contributed by atoms with Crippen LogP contribution in [0.5, 0.6) is 23.0 Å². The van der Waals surface area contributed by atoms with Gasteiger partial charge in [-0.2, -0.15) is 0 Å². The summed E-state index contributed by atoms with van der Waals surface area (Å²) >= 11 is 0. The second kappa shape index (κ2) is 15.0. The largest absolute Gasteiger partial charge is 0.508 e. The first-order valence-corrected chi connectivity index (χ1v) is 16.2. The number of aliphatic hydroxyl groups excluding tert-OH is 9. The number of hydrogen-bond donors (Lipinski definition) is 11. The zero-order chi connectivity index (χ0) is 37.8. The Bertz CT molecular complexity index is 1760. The molecule has 0 spiro atoms. The highest BCUT2D eigenvalue weighted by molar-refractivity contribution is 5.88. The molecule has 19 heteroatoms. The summed E-state index contributed by atoms with van der Waals surface area (Å²) in [5.74, 6) is -1.88. The van der Waals surface area contributed by atoms with E-state index in [0.29, 0.717) is 0 Å². The number of phenolic OH excluding ortho intramolecular Hbond substituents is 2. The molecule has 4 heterocycles. The fourth-order valence-electron chi connectivity index (χ4n) is 6.22. The molecular formula is C33H40O19. The average molecular weight is 741 g/mol. The number of rotatable bonds is 8. The fraction of sp³-hybridized carbons (Fsp3) is 0.545. The van der Waals surface area contributed by atoms with Crippen molar-refractivity contribution in [3.8, 4) is 34.3 Å². The van der Waals surface area contributed by atoms with Gasteiger partial charge in [-0.3, -0.25) is 4.79 Å². The highest BCUT2D eigenvalue weighted by Gasteiger charge is 2.50. The van der Waals surface area contributed by atoms with Crippen LogP contribution in [0, 0.1) is 0 Å². The normalized spacial score (nSPS) is 38.2. The molecule has 0 bridgehead atoms. The summed E-state index contributed by atoms with van der Waals surface area (Å²) < 4.78 is 39.7. The molecule has 3 saturated heterocycles. The van der Waals surface area contributed by atoms with Gasteiger partial charge >= 0.3 is 0 Å². The third kappa shape index (κ3) is 7.03. The third-order valence-electron chi connectivity index (χ3n) is 9.25. The summed E-state index contributed by atoms with van der Waals surface area (Å²) in [5.41, 5.74) is -1.08. The molecule has 3 aromatic rings. The Morgan fingerprint density at radius 3 is 1.94 bits per heavy atom. The van der Waals surface area contributed by atoms with Crippen LogP contribution in [-0.4, -0.2) is 155 Å².